The van der Waals surface area contributed by atoms with Crippen LogP contribution in [0.1, 0.15) is 32.8 Å². The lowest BCUT2D eigenvalue weighted by Crippen LogP contribution is -2.53. The Bertz CT molecular complexity index is 706. The van der Waals surface area contributed by atoms with Gasteiger partial charge in [0, 0.05) is 12.2 Å². The van der Waals surface area contributed by atoms with Crippen LogP contribution in [-0.2, 0) is 14.3 Å². The van der Waals surface area contributed by atoms with Crippen molar-refractivity contribution in [1.29, 1.82) is 0 Å². The highest BCUT2D eigenvalue weighted by molar-refractivity contribution is 5.99. The van der Waals surface area contributed by atoms with E-state index in [1.807, 2.05) is 0 Å². The highest BCUT2D eigenvalue weighted by Gasteiger charge is 2.43. The normalized spacial score (nSPS) is 20.2. The zero-order valence-corrected chi connectivity index (χ0v) is 15.3. The summed E-state index contributed by atoms with van der Waals surface area (Å²) in [5, 5.41) is 2.78. The van der Waals surface area contributed by atoms with Gasteiger partial charge < -0.3 is 20.7 Å². The summed E-state index contributed by atoms with van der Waals surface area (Å²) in [5.41, 5.74) is 5.91. The Morgan fingerprint density at radius 1 is 1.27 bits per heavy atom. The molecular formula is C19H25N3O4. The number of rotatable bonds is 4. The summed E-state index contributed by atoms with van der Waals surface area (Å²) in [6.45, 7) is 5.84. The van der Waals surface area contributed by atoms with E-state index in [0.717, 1.165) is 5.56 Å². The lowest BCUT2D eigenvalue weighted by atomic mass is 9.99. The molecular weight excluding hydrogens is 334 g/mol. The Labute approximate surface area is 153 Å². The minimum absolute atomic E-state index is 0.105. The van der Waals surface area contributed by atoms with Crippen LogP contribution in [0, 0.1) is 0 Å². The first kappa shape index (κ1) is 19.7. The molecule has 0 aliphatic carbocycles. The summed E-state index contributed by atoms with van der Waals surface area (Å²) in [6.07, 6.45) is 3.65. The van der Waals surface area contributed by atoms with Gasteiger partial charge in [0.1, 0.15) is 17.4 Å². The number of hydrogen-bond acceptors (Lipinski definition) is 5. The number of anilines is 1. The van der Waals surface area contributed by atoms with E-state index in [0.29, 0.717) is 24.9 Å². The van der Waals surface area contributed by atoms with Gasteiger partial charge in [0.25, 0.3) is 0 Å². The van der Waals surface area contributed by atoms with Crippen LogP contribution in [0.25, 0.3) is 6.08 Å². The molecule has 0 aromatic heterocycles. The van der Waals surface area contributed by atoms with Crippen LogP contribution >= 0.6 is 0 Å². The molecule has 2 amide bonds. The lowest BCUT2D eigenvalue weighted by molar-refractivity contribution is -0.120. The Balaban J connectivity index is 1.97. The Morgan fingerprint density at radius 2 is 1.92 bits per heavy atom. The lowest BCUT2D eigenvalue weighted by Gasteiger charge is -2.26. The first-order chi connectivity index (χ1) is 12.1. The number of amides is 2. The quantitative estimate of drug-likeness (QED) is 0.634. The molecule has 140 valence electrons. The second-order valence-electron chi connectivity index (χ2n) is 7.38. The second-order valence-corrected chi connectivity index (χ2v) is 7.38. The standard InChI is InChI=1S/C19H25N3O4/c1-18(2,3)26-17(25)22-11-10-19(20,13-22)16(24)21-15-8-6-14(7-9-15)5-4-12-23/h4-9,12H,10-11,13,20H2,1-3H3,(H,21,24)/b5-4+/t19-/m0/s1. The maximum Gasteiger partial charge on any atom is 0.410 e. The summed E-state index contributed by atoms with van der Waals surface area (Å²) in [4.78, 5) is 36.5. The van der Waals surface area contributed by atoms with E-state index in [9.17, 15) is 14.4 Å². The summed E-state index contributed by atoms with van der Waals surface area (Å²) < 4.78 is 5.33. The molecule has 7 nitrogen and oxygen atoms in total. The molecule has 1 saturated heterocycles. The SMILES string of the molecule is CC(C)(C)OC(=O)N1CC[C@@](N)(C(=O)Nc2ccc(/C=C/C=O)cc2)C1. The van der Waals surface area contributed by atoms with Gasteiger partial charge in [-0.05, 0) is 51.0 Å². The number of allylic oxidation sites excluding steroid dienone is 1. The van der Waals surface area contributed by atoms with Crippen LogP contribution in [-0.4, -0.2) is 47.4 Å². The third kappa shape index (κ3) is 5.16. The number of nitrogens with zero attached hydrogens (tertiary/aromatic N) is 1. The van der Waals surface area contributed by atoms with Crippen molar-refractivity contribution >= 4 is 30.0 Å². The van der Waals surface area contributed by atoms with Crippen LogP contribution < -0.4 is 11.1 Å². The van der Waals surface area contributed by atoms with E-state index in [-0.39, 0.29) is 12.5 Å². The second kappa shape index (κ2) is 7.70. The largest absolute Gasteiger partial charge is 0.444 e. The van der Waals surface area contributed by atoms with Gasteiger partial charge in [-0.2, -0.15) is 0 Å². The van der Waals surface area contributed by atoms with Crippen molar-refractivity contribution in [3.8, 4) is 0 Å². The third-order valence-corrected chi connectivity index (χ3v) is 3.94. The molecule has 7 heteroatoms. The minimum Gasteiger partial charge on any atom is -0.444 e. The predicted molar refractivity (Wildman–Crippen MR) is 99.5 cm³/mol. The first-order valence-corrected chi connectivity index (χ1v) is 8.43. The van der Waals surface area contributed by atoms with Gasteiger partial charge in [0.15, 0.2) is 0 Å². The van der Waals surface area contributed by atoms with Gasteiger partial charge in [-0.25, -0.2) is 4.79 Å². The molecule has 2 rings (SSSR count). The van der Waals surface area contributed by atoms with Gasteiger partial charge in [0.2, 0.25) is 5.91 Å². The fourth-order valence-corrected chi connectivity index (χ4v) is 2.58. The monoisotopic (exact) mass is 359 g/mol. The topological polar surface area (TPSA) is 102 Å². The van der Waals surface area contributed by atoms with Crippen LogP contribution in [0.4, 0.5) is 10.5 Å². The van der Waals surface area contributed by atoms with Crippen molar-refractivity contribution in [2.75, 3.05) is 18.4 Å². The minimum atomic E-state index is -1.16. The smallest absolute Gasteiger partial charge is 0.410 e. The van der Waals surface area contributed by atoms with Crippen LogP contribution in [0.3, 0.4) is 0 Å². The number of hydrogen-bond donors (Lipinski definition) is 2. The van der Waals surface area contributed by atoms with Crippen LogP contribution in [0.2, 0.25) is 0 Å². The van der Waals surface area contributed by atoms with Crippen molar-refractivity contribution in [3.63, 3.8) is 0 Å². The highest BCUT2D eigenvalue weighted by atomic mass is 16.6. The van der Waals surface area contributed by atoms with Crippen molar-refractivity contribution in [1.82, 2.24) is 4.90 Å². The highest BCUT2D eigenvalue weighted by Crippen LogP contribution is 2.23. The molecule has 1 aliphatic heterocycles. The molecule has 1 heterocycles. The van der Waals surface area contributed by atoms with Crippen LogP contribution in [0.15, 0.2) is 30.3 Å². The van der Waals surface area contributed by atoms with E-state index >= 15 is 0 Å². The fourth-order valence-electron chi connectivity index (χ4n) is 2.58. The summed E-state index contributed by atoms with van der Waals surface area (Å²) in [5.74, 6) is -0.347. The molecule has 3 N–H and O–H groups in total. The van der Waals surface area contributed by atoms with Gasteiger partial charge in [-0.1, -0.05) is 18.2 Å². The van der Waals surface area contributed by atoms with Gasteiger partial charge in [-0.3, -0.25) is 9.59 Å². The fraction of sp³-hybridized carbons (Fsp3) is 0.421. The number of benzene rings is 1. The number of likely N-dealkylation sites (tertiary alicyclic amines) is 1. The van der Waals surface area contributed by atoms with Gasteiger partial charge >= 0.3 is 6.09 Å². The van der Waals surface area contributed by atoms with E-state index in [1.165, 1.54) is 11.0 Å². The number of nitrogens with one attached hydrogen (secondary N) is 1. The van der Waals surface area contributed by atoms with E-state index in [4.69, 9.17) is 10.5 Å². The number of ether oxygens (including phenoxy) is 1. The van der Waals surface area contributed by atoms with E-state index in [2.05, 4.69) is 5.32 Å². The van der Waals surface area contributed by atoms with Crippen LogP contribution in [0.5, 0.6) is 0 Å². The Hall–Kier alpha value is -2.67. The molecule has 0 unspecified atom stereocenters. The Morgan fingerprint density at radius 3 is 2.50 bits per heavy atom. The van der Waals surface area contributed by atoms with E-state index < -0.39 is 17.2 Å². The molecule has 1 fully saturated rings. The average molecular weight is 359 g/mol. The Kier molecular flexibility index (Phi) is 5.82. The van der Waals surface area contributed by atoms with Gasteiger partial charge in [-0.15, -0.1) is 0 Å². The number of nitrogens with two attached hydrogens (primary N) is 1. The van der Waals surface area contributed by atoms with E-state index in [1.54, 1.807) is 51.1 Å². The average Bonchev–Trinajstić information content (AvgIpc) is 2.97. The molecule has 1 aromatic rings. The maximum atomic E-state index is 12.6. The van der Waals surface area contributed by atoms with Gasteiger partial charge in [0.05, 0.1) is 6.54 Å². The van der Waals surface area contributed by atoms with Crippen molar-refractivity contribution < 1.29 is 19.1 Å². The first-order valence-electron chi connectivity index (χ1n) is 8.43. The molecule has 1 atom stereocenters. The predicted octanol–water partition coefficient (Wildman–Crippen LogP) is 2.18. The molecule has 0 radical (unpaired) electrons. The summed E-state index contributed by atoms with van der Waals surface area (Å²) in [6, 6.07) is 7.01. The van der Waals surface area contributed by atoms with Crippen molar-refractivity contribution in [3.05, 3.63) is 35.9 Å². The number of carbonyl (C=O) groups excluding carboxylic acids is 3. The molecule has 0 bridgehead atoms. The zero-order valence-electron chi connectivity index (χ0n) is 15.3. The maximum absolute atomic E-state index is 12.6. The third-order valence-electron chi connectivity index (χ3n) is 3.94. The summed E-state index contributed by atoms with van der Waals surface area (Å²) in [7, 11) is 0. The van der Waals surface area contributed by atoms with Crippen molar-refractivity contribution in [2.24, 2.45) is 5.73 Å². The van der Waals surface area contributed by atoms with Crippen molar-refractivity contribution in [2.45, 2.75) is 38.3 Å². The molecule has 0 spiro atoms. The molecule has 26 heavy (non-hydrogen) atoms. The molecule has 1 aromatic carbocycles. The molecule has 0 saturated carbocycles. The number of carbonyl (C=O) groups is 3. The zero-order chi connectivity index (χ0) is 19.4. The molecule has 1 aliphatic rings. The number of aldehydes is 1. The summed E-state index contributed by atoms with van der Waals surface area (Å²) >= 11 is 0.